The van der Waals surface area contributed by atoms with Crippen molar-refractivity contribution in [2.45, 2.75) is 26.3 Å². The predicted octanol–water partition coefficient (Wildman–Crippen LogP) is 3.36. The van der Waals surface area contributed by atoms with Crippen molar-refractivity contribution >= 4 is 11.8 Å². The van der Waals surface area contributed by atoms with Gasteiger partial charge >= 0.3 is 0 Å². The third-order valence-electron chi connectivity index (χ3n) is 6.50. The molecule has 30 heavy (non-hydrogen) atoms. The van der Waals surface area contributed by atoms with Crippen LogP contribution in [0.3, 0.4) is 0 Å². The Balaban J connectivity index is 1.51. The van der Waals surface area contributed by atoms with Crippen LogP contribution in [0.5, 0.6) is 5.75 Å². The fourth-order valence-electron chi connectivity index (χ4n) is 5.00. The van der Waals surface area contributed by atoms with Gasteiger partial charge in [-0.15, -0.1) is 0 Å². The summed E-state index contributed by atoms with van der Waals surface area (Å²) in [5.41, 5.74) is 2.95. The first-order valence-corrected chi connectivity index (χ1v) is 10.3. The van der Waals surface area contributed by atoms with Gasteiger partial charge < -0.3 is 14.5 Å². The topological polar surface area (TPSA) is 49.9 Å². The highest BCUT2D eigenvalue weighted by molar-refractivity contribution is 5.79. The van der Waals surface area contributed by atoms with E-state index >= 15 is 0 Å². The van der Waals surface area contributed by atoms with Crippen LogP contribution in [0.25, 0.3) is 0 Å². The molecule has 0 bridgehead atoms. The van der Waals surface area contributed by atoms with E-state index < -0.39 is 5.82 Å². The minimum Gasteiger partial charge on any atom is -0.494 e. The molecule has 2 aliphatic heterocycles. The lowest BCUT2D eigenvalue weighted by Crippen LogP contribution is -2.37. The lowest BCUT2D eigenvalue weighted by molar-refractivity contribution is -0.131. The quantitative estimate of drug-likeness (QED) is 0.777. The number of halogens is 1. The third-order valence-corrected chi connectivity index (χ3v) is 6.50. The highest BCUT2D eigenvalue weighted by Crippen LogP contribution is 2.45. The molecule has 2 saturated heterocycles. The van der Waals surface area contributed by atoms with Gasteiger partial charge in [0, 0.05) is 38.4 Å². The second-order valence-electron chi connectivity index (χ2n) is 8.34. The first kappa shape index (κ1) is 20.4. The number of nitrogens with zero attached hydrogens (tertiary/aromatic N) is 2. The number of aryl methyl sites for hydroxylation is 1. The van der Waals surface area contributed by atoms with Crippen LogP contribution < -0.4 is 4.74 Å². The highest BCUT2D eigenvalue weighted by atomic mass is 19.1. The lowest BCUT2D eigenvalue weighted by atomic mass is 9.87. The van der Waals surface area contributed by atoms with Gasteiger partial charge in [-0.2, -0.15) is 0 Å². The summed E-state index contributed by atoms with van der Waals surface area (Å²) >= 11 is 0. The van der Waals surface area contributed by atoms with Gasteiger partial charge in [-0.3, -0.25) is 9.59 Å². The van der Waals surface area contributed by atoms with Gasteiger partial charge in [0.2, 0.25) is 11.8 Å². The molecular weight excluding hydrogens is 383 g/mol. The molecule has 2 aromatic carbocycles. The number of fused-ring (bicyclic) bond motifs is 1. The van der Waals surface area contributed by atoms with Gasteiger partial charge in [0.15, 0.2) is 11.6 Å². The average Bonchev–Trinajstić information content (AvgIpc) is 3.27. The smallest absolute Gasteiger partial charge is 0.227 e. The third kappa shape index (κ3) is 3.66. The molecule has 0 radical (unpaired) electrons. The lowest BCUT2D eigenvalue weighted by Gasteiger charge is -2.30. The monoisotopic (exact) mass is 410 g/mol. The summed E-state index contributed by atoms with van der Waals surface area (Å²) < 4.78 is 18.9. The van der Waals surface area contributed by atoms with Crippen molar-refractivity contribution in [2.75, 3.05) is 26.7 Å². The second-order valence-corrected chi connectivity index (χ2v) is 8.34. The average molecular weight is 410 g/mol. The minimum atomic E-state index is -0.460. The molecule has 0 aromatic heterocycles. The normalized spacial score (nSPS) is 22.9. The predicted molar refractivity (Wildman–Crippen MR) is 112 cm³/mol. The van der Waals surface area contributed by atoms with E-state index in [1.165, 1.54) is 13.2 Å². The number of ether oxygens (including phenoxy) is 1. The van der Waals surface area contributed by atoms with Gasteiger partial charge in [0.25, 0.3) is 0 Å². The van der Waals surface area contributed by atoms with Crippen LogP contribution in [-0.4, -0.2) is 48.4 Å². The number of hydrogen-bond acceptors (Lipinski definition) is 3. The fourth-order valence-corrected chi connectivity index (χ4v) is 5.00. The van der Waals surface area contributed by atoms with Crippen LogP contribution in [-0.2, 0) is 16.0 Å². The Labute approximate surface area is 176 Å². The summed E-state index contributed by atoms with van der Waals surface area (Å²) in [6.07, 6.45) is 0.159. The van der Waals surface area contributed by atoms with Gasteiger partial charge in [-0.05, 0) is 35.7 Å². The molecule has 2 aromatic rings. The molecule has 3 atom stereocenters. The molecule has 5 nitrogen and oxygen atoms in total. The summed E-state index contributed by atoms with van der Waals surface area (Å²) in [6, 6.07) is 12.8. The van der Waals surface area contributed by atoms with Crippen LogP contribution >= 0.6 is 0 Å². The molecule has 0 N–H and O–H groups in total. The molecule has 2 fully saturated rings. The van der Waals surface area contributed by atoms with Crippen molar-refractivity contribution in [3.63, 3.8) is 0 Å². The van der Waals surface area contributed by atoms with E-state index in [9.17, 15) is 14.0 Å². The standard InChI is InChI=1S/C24H27FN2O3/c1-15-6-4-5-7-19(15)24-20-14-26(12-18(20)13-27(24)16(2)28)23(29)11-17-8-9-22(30-3)21(25)10-17/h4-10,18,20,24H,11-14H2,1-3H3/t18-,20-,24+/m1/s1. The molecule has 0 saturated carbocycles. The largest absolute Gasteiger partial charge is 0.494 e. The van der Waals surface area contributed by atoms with E-state index in [1.807, 2.05) is 21.9 Å². The van der Waals surface area contributed by atoms with Crippen LogP contribution in [0, 0.1) is 24.6 Å². The zero-order chi connectivity index (χ0) is 21.4. The molecule has 0 unspecified atom stereocenters. The van der Waals surface area contributed by atoms with Crippen LogP contribution in [0.2, 0.25) is 0 Å². The van der Waals surface area contributed by atoms with Crippen molar-refractivity contribution in [3.05, 3.63) is 65.0 Å². The number of carbonyl (C=O) groups excluding carboxylic acids is 2. The number of carbonyl (C=O) groups is 2. The Morgan fingerprint density at radius 1 is 1.13 bits per heavy atom. The fraction of sp³-hybridized carbons (Fsp3) is 0.417. The zero-order valence-corrected chi connectivity index (χ0v) is 17.6. The Hall–Kier alpha value is -2.89. The molecule has 158 valence electrons. The number of benzene rings is 2. The molecule has 4 rings (SSSR count). The van der Waals surface area contributed by atoms with E-state index in [-0.39, 0.29) is 41.9 Å². The van der Waals surface area contributed by atoms with Crippen molar-refractivity contribution < 1.29 is 18.7 Å². The number of likely N-dealkylation sites (tertiary alicyclic amines) is 2. The van der Waals surface area contributed by atoms with Crippen LogP contribution in [0.15, 0.2) is 42.5 Å². The summed E-state index contributed by atoms with van der Waals surface area (Å²) in [5.74, 6) is 0.253. The maximum Gasteiger partial charge on any atom is 0.227 e. The Morgan fingerprint density at radius 3 is 2.57 bits per heavy atom. The van der Waals surface area contributed by atoms with Crippen molar-refractivity contribution in [1.82, 2.24) is 9.80 Å². The van der Waals surface area contributed by atoms with Crippen molar-refractivity contribution in [3.8, 4) is 5.75 Å². The molecule has 2 amide bonds. The minimum absolute atomic E-state index is 0.00752. The van der Waals surface area contributed by atoms with Crippen molar-refractivity contribution in [1.29, 1.82) is 0 Å². The number of hydrogen-bond donors (Lipinski definition) is 0. The Bertz CT molecular complexity index is 977. The summed E-state index contributed by atoms with van der Waals surface area (Å²) in [6.45, 7) is 5.60. The molecule has 0 aliphatic carbocycles. The van der Waals surface area contributed by atoms with Crippen molar-refractivity contribution in [2.24, 2.45) is 11.8 Å². The maximum absolute atomic E-state index is 14.0. The first-order valence-electron chi connectivity index (χ1n) is 10.3. The first-order chi connectivity index (χ1) is 14.4. The van der Waals surface area contributed by atoms with E-state index in [1.54, 1.807) is 19.1 Å². The molecule has 0 spiro atoms. The summed E-state index contributed by atoms with van der Waals surface area (Å²) in [7, 11) is 1.42. The zero-order valence-electron chi connectivity index (χ0n) is 17.6. The molecule has 2 aliphatic rings. The van der Waals surface area contributed by atoms with E-state index in [4.69, 9.17) is 4.74 Å². The molecule has 2 heterocycles. The van der Waals surface area contributed by atoms with E-state index in [0.29, 0.717) is 25.2 Å². The Morgan fingerprint density at radius 2 is 1.90 bits per heavy atom. The van der Waals surface area contributed by atoms with Crippen LogP contribution in [0.4, 0.5) is 4.39 Å². The van der Waals surface area contributed by atoms with Gasteiger partial charge in [-0.25, -0.2) is 4.39 Å². The number of rotatable bonds is 4. The van der Waals surface area contributed by atoms with Gasteiger partial charge in [-0.1, -0.05) is 30.3 Å². The number of methoxy groups -OCH3 is 1. The summed E-state index contributed by atoms with van der Waals surface area (Å²) in [5, 5.41) is 0. The molecular formula is C24H27FN2O3. The van der Waals surface area contributed by atoms with Gasteiger partial charge in [0.05, 0.1) is 19.6 Å². The molecule has 6 heteroatoms. The van der Waals surface area contributed by atoms with E-state index in [0.717, 1.165) is 11.1 Å². The summed E-state index contributed by atoms with van der Waals surface area (Å²) in [4.78, 5) is 29.1. The van der Waals surface area contributed by atoms with Gasteiger partial charge in [0.1, 0.15) is 0 Å². The van der Waals surface area contributed by atoms with Crippen LogP contribution in [0.1, 0.15) is 29.7 Å². The number of amides is 2. The second kappa shape index (κ2) is 8.09. The SMILES string of the molecule is COc1ccc(CC(=O)N2C[C@@H]3CN(C(C)=O)[C@@H](c4ccccc4C)[C@@H]3C2)cc1F. The highest BCUT2D eigenvalue weighted by Gasteiger charge is 2.49. The maximum atomic E-state index is 14.0. The van der Waals surface area contributed by atoms with E-state index in [2.05, 4.69) is 19.1 Å². The Kier molecular flexibility index (Phi) is 5.50.